The topological polar surface area (TPSA) is 61.6 Å². The Morgan fingerprint density at radius 1 is 1.12 bits per heavy atom. The van der Waals surface area contributed by atoms with E-state index >= 15 is 0 Å². The highest BCUT2D eigenvalue weighted by atomic mass is 32.1. The summed E-state index contributed by atoms with van der Waals surface area (Å²) in [6.07, 6.45) is 7.83. The second-order valence-electron chi connectivity index (χ2n) is 6.18. The van der Waals surface area contributed by atoms with Crippen LogP contribution in [0.25, 0.3) is 22.4 Å². The van der Waals surface area contributed by atoms with E-state index in [-0.39, 0.29) is 5.63 Å². The Balaban J connectivity index is 1.69. The predicted molar refractivity (Wildman–Crippen MR) is 103 cm³/mol. The molecule has 2 aromatic heterocycles. The molecule has 0 saturated heterocycles. The third-order valence-corrected chi connectivity index (χ3v) is 5.78. The van der Waals surface area contributed by atoms with Crippen LogP contribution in [0.1, 0.15) is 34.7 Å². The molecule has 4 rings (SSSR count). The fourth-order valence-corrected chi connectivity index (χ4v) is 4.56. The van der Waals surface area contributed by atoms with Crippen molar-refractivity contribution < 1.29 is 13.9 Å². The SMILES string of the molecule is COc1ccc(C=Cc2nc3sc4c(c3c(=O)o2)CCCC4)cc1OC. The van der Waals surface area contributed by atoms with Crippen LogP contribution in [0.2, 0.25) is 0 Å². The van der Waals surface area contributed by atoms with Crippen molar-refractivity contribution in [2.75, 3.05) is 14.2 Å². The van der Waals surface area contributed by atoms with Crippen LogP contribution in [-0.2, 0) is 12.8 Å². The molecule has 1 aliphatic rings. The van der Waals surface area contributed by atoms with Gasteiger partial charge >= 0.3 is 5.63 Å². The van der Waals surface area contributed by atoms with Crippen LogP contribution < -0.4 is 15.1 Å². The molecule has 0 bridgehead atoms. The summed E-state index contributed by atoms with van der Waals surface area (Å²) in [6.45, 7) is 0. The van der Waals surface area contributed by atoms with Gasteiger partial charge in [0.1, 0.15) is 10.2 Å². The summed E-state index contributed by atoms with van der Waals surface area (Å²) >= 11 is 1.62. The standard InChI is InChI=1S/C20H19NO4S/c1-23-14-9-7-12(11-15(14)24-2)8-10-17-21-19-18(20(22)25-17)13-5-3-4-6-16(13)26-19/h7-11H,3-6H2,1-2H3. The van der Waals surface area contributed by atoms with Gasteiger partial charge in [0.25, 0.3) is 0 Å². The van der Waals surface area contributed by atoms with Gasteiger partial charge in [-0.3, -0.25) is 0 Å². The fourth-order valence-electron chi connectivity index (χ4n) is 3.30. The lowest BCUT2D eigenvalue weighted by Crippen LogP contribution is -2.06. The van der Waals surface area contributed by atoms with Gasteiger partial charge in [-0.2, -0.15) is 0 Å². The lowest BCUT2D eigenvalue weighted by Gasteiger charge is -2.09. The maximum Gasteiger partial charge on any atom is 0.348 e. The summed E-state index contributed by atoms with van der Waals surface area (Å²) in [5, 5.41) is 0.674. The molecule has 6 heteroatoms. The van der Waals surface area contributed by atoms with E-state index in [0.29, 0.717) is 22.8 Å². The van der Waals surface area contributed by atoms with Gasteiger partial charge in [0.2, 0.25) is 5.89 Å². The van der Waals surface area contributed by atoms with E-state index in [0.717, 1.165) is 35.2 Å². The van der Waals surface area contributed by atoms with E-state index in [1.165, 1.54) is 11.3 Å². The van der Waals surface area contributed by atoms with Crippen molar-refractivity contribution in [3.63, 3.8) is 0 Å². The number of thiophene rings is 1. The normalized spacial score (nSPS) is 13.9. The zero-order valence-corrected chi connectivity index (χ0v) is 15.5. The highest BCUT2D eigenvalue weighted by molar-refractivity contribution is 7.18. The lowest BCUT2D eigenvalue weighted by molar-refractivity contribution is 0.355. The van der Waals surface area contributed by atoms with Gasteiger partial charge < -0.3 is 13.9 Å². The zero-order chi connectivity index (χ0) is 18.1. The Labute approximate surface area is 154 Å². The average Bonchev–Trinajstić information content (AvgIpc) is 3.05. The molecule has 134 valence electrons. The zero-order valence-electron chi connectivity index (χ0n) is 14.7. The van der Waals surface area contributed by atoms with Crippen LogP contribution in [-0.4, -0.2) is 19.2 Å². The lowest BCUT2D eigenvalue weighted by atomic mass is 9.97. The average molecular weight is 369 g/mol. The Bertz CT molecular complexity index is 1050. The molecular weight excluding hydrogens is 350 g/mol. The minimum absolute atomic E-state index is 0.290. The number of methoxy groups -OCH3 is 2. The van der Waals surface area contributed by atoms with E-state index in [9.17, 15) is 4.79 Å². The molecule has 0 radical (unpaired) electrons. The summed E-state index contributed by atoms with van der Waals surface area (Å²) in [6, 6.07) is 5.59. The minimum atomic E-state index is -0.290. The summed E-state index contributed by atoms with van der Waals surface area (Å²) in [5.74, 6) is 1.63. The third-order valence-electron chi connectivity index (χ3n) is 4.59. The van der Waals surface area contributed by atoms with E-state index in [1.807, 2.05) is 24.3 Å². The van der Waals surface area contributed by atoms with Crippen molar-refractivity contribution >= 4 is 33.7 Å². The van der Waals surface area contributed by atoms with Crippen LogP contribution in [0.5, 0.6) is 11.5 Å². The van der Waals surface area contributed by atoms with E-state index in [2.05, 4.69) is 4.98 Å². The van der Waals surface area contributed by atoms with Crippen LogP contribution in [0, 0.1) is 0 Å². The number of ether oxygens (including phenoxy) is 2. The molecule has 0 spiro atoms. The molecule has 1 aliphatic carbocycles. The van der Waals surface area contributed by atoms with Gasteiger partial charge in [0.05, 0.1) is 14.2 Å². The summed E-state index contributed by atoms with van der Waals surface area (Å²) in [7, 11) is 3.19. The molecule has 3 aromatic rings. The van der Waals surface area contributed by atoms with E-state index < -0.39 is 0 Å². The molecule has 0 fully saturated rings. The molecule has 0 N–H and O–H groups in total. The van der Waals surface area contributed by atoms with Crippen LogP contribution >= 0.6 is 11.3 Å². The van der Waals surface area contributed by atoms with Gasteiger partial charge in [-0.05, 0) is 55.0 Å². The third kappa shape index (κ3) is 3.01. The molecule has 2 heterocycles. The predicted octanol–water partition coefficient (Wildman–Crippen LogP) is 4.32. The fraction of sp³-hybridized carbons (Fsp3) is 0.300. The first-order valence-corrected chi connectivity index (χ1v) is 9.36. The Morgan fingerprint density at radius 2 is 1.92 bits per heavy atom. The molecule has 0 aliphatic heterocycles. The van der Waals surface area contributed by atoms with Crippen molar-refractivity contribution in [2.45, 2.75) is 25.7 Å². The first-order chi connectivity index (χ1) is 12.7. The minimum Gasteiger partial charge on any atom is -0.493 e. The number of nitrogens with zero attached hydrogens (tertiary/aromatic N) is 1. The highest BCUT2D eigenvalue weighted by Crippen LogP contribution is 2.34. The van der Waals surface area contributed by atoms with E-state index in [4.69, 9.17) is 13.9 Å². The van der Waals surface area contributed by atoms with Gasteiger partial charge in [-0.1, -0.05) is 6.07 Å². The number of rotatable bonds is 4. The van der Waals surface area contributed by atoms with Crippen LogP contribution in [0.15, 0.2) is 27.4 Å². The molecule has 26 heavy (non-hydrogen) atoms. The molecule has 0 amide bonds. The number of benzene rings is 1. The number of aromatic nitrogens is 1. The molecule has 1 aromatic carbocycles. The molecule has 0 atom stereocenters. The van der Waals surface area contributed by atoms with Crippen molar-refractivity contribution in [1.29, 1.82) is 0 Å². The van der Waals surface area contributed by atoms with Gasteiger partial charge in [0, 0.05) is 11.0 Å². The van der Waals surface area contributed by atoms with Crippen molar-refractivity contribution in [3.05, 3.63) is 50.5 Å². The Kier molecular flexibility index (Phi) is 4.51. The molecule has 0 saturated carbocycles. The van der Waals surface area contributed by atoms with Crippen molar-refractivity contribution in [1.82, 2.24) is 4.98 Å². The van der Waals surface area contributed by atoms with Crippen molar-refractivity contribution in [2.24, 2.45) is 0 Å². The second-order valence-corrected chi connectivity index (χ2v) is 7.26. The second kappa shape index (κ2) is 6.96. The van der Waals surface area contributed by atoms with E-state index in [1.54, 1.807) is 31.6 Å². The Morgan fingerprint density at radius 3 is 2.73 bits per heavy atom. The number of hydrogen-bond donors (Lipinski definition) is 0. The van der Waals surface area contributed by atoms with Gasteiger partial charge in [0.15, 0.2) is 11.5 Å². The molecular formula is C20H19NO4S. The van der Waals surface area contributed by atoms with Gasteiger partial charge in [-0.15, -0.1) is 11.3 Å². The monoisotopic (exact) mass is 369 g/mol. The summed E-state index contributed by atoms with van der Waals surface area (Å²) in [5.41, 5.74) is 1.76. The number of hydrogen-bond acceptors (Lipinski definition) is 6. The maximum absolute atomic E-state index is 12.5. The summed E-state index contributed by atoms with van der Waals surface area (Å²) in [4.78, 5) is 19.1. The smallest absolute Gasteiger partial charge is 0.348 e. The first-order valence-electron chi connectivity index (χ1n) is 8.55. The highest BCUT2D eigenvalue weighted by Gasteiger charge is 2.20. The quantitative estimate of drug-likeness (QED) is 0.685. The number of fused-ring (bicyclic) bond motifs is 3. The van der Waals surface area contributed by atoms with Crippen LogP contribution in [0.4, 0.5) is 0 Å². The first kappa shape index (κ1) is 16.8. The largest absolute Gasteiger partial charge is 0.493 e. The van der Waals surface area contributed by atoms with Gasteiger partial charge in [-0.25, -0.2) is 9.78 Å². The maximum atomic E-state index is 12.5. The van der Waals surface area contributed by atoms with Crippen LogP contribution in [0.3, 0.4) is 0 Å². The number of aryl methyl sites for hydroxylation is 2. The summed E-state index contributed by atoms with van der Waals surface area (Å²) < 4.78 is 16.0. The molecule has 5 nitrogen and oxygen atoms in total. The Hall–Kier alpha value is -2.60. The van der Waals surface area contributed by atoms with Crippen molar-refractivity contribution in [3.8, 4) is 11.5 Å². The molecule has 0 unspecified atom stereocenters.